The molecule has 0 unspecified atom stereocenters. The molecule has 1 amide bonds. The molecule has 10 nitrogen and oxygen atoms in total. The quantitative estimate of drug-likeness (QED) is 0.262. The molecule has 206 valence electrons. The van der Waals surface area contributed by atoms with Crippen LogP contribution in [0.25, 0.3) is 22.2 Å². The van der Waals surface area contributed by atoms with Crippen LogP contribution in [0.3, 0.4) is 0 Å². The lowest BCUT2D eigenvalue weighted by Crippen LogP contribution is -2.19. The minimum atomic E-state index is -3.94. The van der Waals surface area contributed by atoms with Crippen molar-refractivity contribution in [3.63, 3.8) is 0 Å². The highest BCUT2D eigenvalue weighted by molar-refractivity contribution is 7.92. The van der Waals surface area contributed by atoms with Gasteiger partial charge in [-0.1, -0.05) is 53.7 Å². The summed E-state index contributed by atoms with van der Waals surface area (Å²) < 4.78 is 42.0. The monoisotopic (exact) mass is 559 g/mol. The molecule has 0 fully saturated rings. The average molecular weight is 560 g/mol. The van der Waals surface area contributed by atoms with Gasteiger partial charge in [0.1, 0.15) is 5.76 Å². The number of carbonyl (C=O) groups is 1. The number of rotatable bonds is 9. The molecule has 2 N–H and O–H groups in total. The van der Waals surface area contributed by atoms with Gasteiger partial charge in [-0.2, -0.15) is 4.98 Å². The number of amides is 1. The highest BCUT2D eigenvalue weighted by Crippen LogP contribution is 2.31. The van der Waals surface area contributed by atoms with Gasteiger partial charge in [0.15, 0.2) is 5.82 Å². The molecule has 0 radical (unpaired) electrons. The maximum Gasteiger partial charge on any atom is 0.297 e. The molecule has 0 spiro atoms. The number of hydrogen-bond acceptors (Lipinski definition) is 7. The second kappa shape index (κ2) is 10.9. The van der Waals surface area contributed by atoms with E-state index in [1.165, 1.54) is 0 Å². The lowest BCUT2D eigenvalue weighted by molar-refractivity contribution is 0.0964. The molecule has 0 aliphatic heterocycles. The SMILES string of the molecule is CCOc1nc2cccc(C(=O)NC)c2n1Cc1ccc(-c2ccccc2S(=O)(=O)Nc2noc(C)c2C)cc1. The maximum absolute atomic E-state index is 13.3. The molecule has 11 heteroatoms. The van der Waals surface area contributed by atoms with Crippen LogP contribution in [0.4, 0.5) is 5.82 Å². The number of aryl methyl sites for hydroxylation is 1. The fourth-order valence-corrected chi connectivity index (χ4v) is 5.76. The van der Waals surface area contributed by atoms with Crippen molar-refractivity contribution in [2.24, 2.45) is 0 Å². The average Bonchev–Trinajstić information content (AvgIpc) is 3.47. The minimum absolute atomic E-state index is 0.122. The van der Waals surface area contributed by atoms with Crippen molar-refractivity contribution in [3.05, 3.63) is 89.2 Å². The summed E-state index contributed by atoms with van der Waals surface area (Å²) >= 11 is 0. The van der Waals surface area contributed by atoms with Crippen LogP contribution in [0.15, 0.2) is 76.1 Å². The molecular formula is C29H29N5O5S. The van der Waals surface area contributed by atoms with Gasteiger partial charge in [-0.3, -0.25) is 14.1 Å². The second-order valence-electron chi connectivity index (χ2n) is 9.18. The molecule has 2 aromatic heterocycles. The van der Waals surface area contributed by atoms with Crippen molar-refractivity contribution in [1.82, 2.24) is 20.0 Å². The smallest absolute Gasteiger partial charge is 0.297 e. The van der Waals surface area contributed by atoms with Crippen molar-refractivity contribution in [3.8, 4) is 17.1 Å². The third-order valence-corrected chi connectivity index (χ3v) is 8.04. The normalized spacial score (nSPS) is 11.5. The van der Waals surface area contributed by atoms with Crippen LogP contribution in [0.2, 0.25) is 0 Å². The van der Waals surface area contributed by atoms with Gasteiger partial charge >= 0.3 is 0 Å². The van der Waals surface area contributed by atoms with E-state index in [2.05, 4.69) is 20.2 Å². The van der Waals surface area contributed by atoms with E-state index in [0.717, 1.165) is 11.1 Å². The summed E-state index contributed by atoms with van der Waals surface area (Å²) in [5.41, 5.74) is 4.65. The minimum Gasteiger partial charge on any atom is -0.465 e. The van der Waals surface area contributed by atoms with Crippen molar-refractivity contribution in [1.29, 1.82) is 0 Å². The van der Waals surface area contributed by atoms with Crippen LogP contribution in [0, 0.1) is 13.8 Å². The first-order valence-electron chi connectivity index (χ1n) is 12.7. The third-order valence-electron chi connectivity index (χ3n) is 6.65. The van der Waals surface area contributed by atoms with Crippen LogP contribution in [0.5, 0.6) is 6.01 Å². The lowest BCUT2D eigenvalue weighted by atomic mass is 10.0. The summed E-state index contributed by atoms with van der Waals surface area (Å²) in [6, 6.07) is 20.2. The summed E-state index contributed by atoms with van der Waals surface area (Å²) in [5, 5.41) is 6.52. The number of anilines is 1. The standard InChI is InChI=1S/C29H29N5O5S/c1-5-38-29-31-24-11-8-10-23(28(35)30-4)26(24)34(29)17-20-13-15-21(16-14-20)22-9-6-7-12-25(22)40(36,37)33-27-18(2)19(3)39-32-27/h6-16H,5,17H2,1-4H3,(H,30,35)(H,32,33). The Bertz CT molecular complexity index is 1810. The summed E-state index contributed by atoms with van der Waals surface area (Å²) in [5.74, 6) is 0.492. The molecule has 0 saturated heterocycles. The van der Waals surface area contributed by atoms with E-state index in [0.29, 0.717) is 52.6 Å². The van der Waals surface area contributed by atoms with Crippen molar-refractivity contribution < 1.29 is 22.5 Å². The van der Waals surface area contributed by atoms with Crippen molar-refractivity contribution in [2.75, 3.05) is 18.4 Å². The number of hydrogen-bond donors (Lipinski definition) is 2. The van der Waals surface area contributed by atoms with E-state index in [1.807, 2.05) is 41.8 Å². The van der Waals surface area contributed by atoms with Gasteiger partial charge in [-0.15, -0.1) is 0 Å². The first kappa shape index (κ1) is 26.9. The summed E-state index contributed by atoms with van der Waals surface area (Å²) in [6.45, 7) is 6.16. The summed E-state index contributed by atoms with van der Waals surface area (Å²) in [4.78, 5) is 17.3. The largest absolute Gasteiger partial charge is 0.465 e. The van der Waals surface area contributed by atoms with Gasteiger partial charge < -0.3 is 14.6 Å². The predicted octanol–water partition coefficient (Wildman–Crippen LogP) is 4.92. The fourth-order valence-electron chi connectivity index (χ4n) is 4.48. The predicted molar refractivity (Wildman–Crippen MR) is 152 cm³/mol. The number of aromatic nitrogens is 3. The number of fused-ring (bicyclic) bond motifs is 1. The van der Waals surface area contributed by atoms with Gasteiger partial charge in [0, 0.05) is 18.2 Å². The Morgan fingerprint density at radius 2 is 1.77 bits per heavy atom. The topological polar surface area (TPSA) is 128 Å². The highest BCUT2D eigenvalue weighted by Gasteiger charge is 2.23. The Morgan fingerprint density at radius 1 is 1.02 bits per heavy atom. The highest BCUT2D eigenvalue weighted by atomic mass is 32.2. The molecule has 0 saturated carbocycles. The Kier molecular flexibility index (Phi) is 7.31. The Balaban J connectivity index is 1.49. The number of nitrogens with zero attached hydrogens (tertiary/aromatic N) is 3. The van der Waals surface area contributed by atoms with E-state index >= 15 is 0 Å². The van der Waals surface area contributed by atoms with E-state index in [4.69, 9.17) is 9.26 Å². The number of sulfonamides is 1. The van der Waals surface area contributed by atoms with Crippen LogP contribution in [0.1, 0.15) is 34.2 Å². The van der Waals surface area contributed by atoms with Crippen LogP contribution >= 0.6 is 0 Å². The molecule has 5 aromatic rings. The molecular weight excluding hydrogens is 530 g/mol. The summed E-state index contributed by atoms with van der Waals surface area (Å²) in [6.07, 6.45) is 0. The van der Waals surface area contributed by atoms with E-state index in [-0.39, 0.29) is 16.6 Å². The van der Waals surface area contributed by atoms with Crippen LogP contribution in [-0.4, -0.2) is 42.7 Å². The fraction of sp³-hybridized carbons (Fsp3) is 0.207. The molecule has 0 bridgehead atoms. The number of para-hydroxylation sites is 1. The van der Waals surface area contributed by atoms with Crippen molar-refractivity contribution >= 4 is 32.8 Å². The molecule has 0 aliphatic carbocycles. The molecule has 3 aromatic carbocycles. The zero-order valence-electron chi connectivity index (χ0n) is 22.6. The lowest BCUT2D eigenvalue weighted by Gasteiger charge is -2.13. The first-order chi connectivity index (χ1) is 19.2. The molecule has 0 atom stereocenters. The van der Waals surface area contributed by atoms with E-state index < -0.39 is 10.0 Å². The number of ether oxygens (including phenoxy) is 1. The second-order valence-corrected chi connectivity index (χ2v) is 10.8. The van der Waals surface area contributed by atoms with Crippen LogP contribution in [-0.2, 0) is 16.6 Å². The maximum atomic E-state index is 13.3. The molecule has 40 heavy (non-hydrogen) atoms. The Hall–Kier alpha value is -4.64. The van der Waals surface area contributed by atoms with Gasteiger partial charge in [0.25, 0.3) is 21.9 Å². The van der Waals surface area contributed by atoms with Crippen LogP contribution < -0.4 is 14.8 Å². The van der Waals surface area contributed by atoms with Gasteiger partial charge in [0.05, 0.1) is 34.6 Å². The number of imidazole rings is 1. The van der Waals surface area contributed by atoms with E-state index in [9.17, 15) is 13.2 Å². The molecule has 2 heterocycles. The zero-order chi connectivity index (χ0) is 28.4. The van der Waals surface area contributed by atoms with Crippen molar-refractivity contribution in [2.45, 2.75) is 32.2 Å². The van der Waals surface area contributed by atoms with Gasteiger partial charge in [0.2, 0.25) is 0 Å². The Labute approximate surface area is 232 Å². The Morgan fingerprint density at radius 3 is 2.45 bits per heavy atom. The molecule has 5 rings (SSSR count). The number of nitrogens with one attached hydrogen (secondary N) is 2. The number of carbonyl (C=O) groups excluding carboxylic acids is 1. The van der Waals surface area contributed by atoms with E-state index in [1.54, 1.807) is 57.3 Å². The zero-order valence-corrected chi connectivity index (χ0v) is 23.4. The van der Waals surface area contributed by atoms with Gasteiger partial charge in [-0.25, -0.2) is 8.42 Å². The molecule has 0 aliphatic rings. The number of benzene rings is 3. The van der Waals surface area contributed by atoms with Gasteiger partial charge in [-0.05, 0) is 50.1 Å². The third kappa shape index (κ3) is 5.03. The first-order valence-corrected chi connectivity index (χ1v) is 14.2. The summed E-state index contributed by atoms with van der Waals surface area (Å²) in [7, 11) is -2.35.